The maximum atomic E-state index is 10.9. The molecule has 100 valence electrons. The van der Waals surface area contributed by atoms with Crippen LogP contribution in [0.15, 0.2) is 0 Å². The zero-order valence-electron chi connectivity index (χ0n) is 11.3. The minimum absolute atomic E-state index is 0.413. The van der Waals surface area contributed by atoms with Crippen LogP contribution in [0, 0.1) is 0 Å². The highest BCUT2D eigenvalue weighted by molar-refractivity contribution is 7.52. The maximum absolute atomic E-state index is 10.9. The van der Waals surface area contributed by atoms with Crippen LogP contribution in [0.5, 0.6) is 0 Å². The molecule has 0 fully saturated rings. The highest BCUT2D eigenvalue weighted by atomic mass is 31.2. The Morgan fingerprint density at radius 1 is 0.938 bits per heavy atom. The van der Waals surface area contributed by atoms with Gasteiger partial charge >= 0.3 is 7.60 Å². The first-order chi connectivity index (χ1) is 7.43. The lowest BCUT2D eigenvalue weighted by molar-refractivity contribution is 0.350. The molecule has 0 aliphatic rings. The van der Waals surface area contributed by atoms with Gasteiger partial charge in [-0.3, -0.25) is 4.57 Å². The Balaban J connectivity index is 0. The molecule has 0 aromatic carbocycles. The zero-order chi connectivity index (χ0) is 13.0. The van der Waals surface area contributed by atoms with Crippen LogP contribution in [-0.4, -0.2) is 15.4 Å². The molecule has 0 aromatic rings. The molecule has 0 amide bonds. The monoisotopic (exact) mass is 252 g/mol. The number of hydrogen-bond acceptors (Lipinski definition) is 1. The highest BCUT2D eigenvalue weighted by Crippen LogP contribution is 2.45. The fraction of sp³-hybridized carbons (Fsp3) is 1.00. The molecule has 1 atom stereocenters. The predicted molar refractivity (Wildman–Crippen MR) is 70.8 cm³/mol. The van der Waals surface area contributed by atoms with Gasteiger partial charge in [0.1, 0.15) is 0 Å². The SMILES string of the molecule is CCCC.CCCCCC(CC)P(=O)(O)O. The number of rotatable bonds is 7. The molecule has 16 heavy (non-hydrogen) atoms. The quantitative estimate of drug-likeness (QED) is 0.523. The number of hydrogen-bond donors (Lipinski definition) is 2. The van der Waals surface area contributed by atoms with Gasteiger partial charge in [0.15, 0.2) is 0 Å². The van der Waals surface area contributed by atoms with Gasteiger partial charge in [0.05, 0.1) is 5.66 Å². The van der Waals surface area contributed by atoms with Crippen LogP contribution in [0.3, 0.4) is 0 Å². The minimum atomic E-state index is -3.82. The van der Waals surface area contributed by atoms with Gasteiger partial charge in [-0.05, 0) is 12.8 Å². The lowest BCUT2D eigenvalue weighted by Gasteiger charge is -2.15. The Labute approximate surface area is 101 Å². The molecule has 2 N–H and O–H groups in total. The Morgan fingerprint density at radius 3 is 1.69 bits per heavy atom. The van der Waals surface area contributed by atoms with E-state index in [1.165, 1.54) is 12.8 Å². The first-order valence-electron chi connectivity index (χ1n) is 6.49. The molecule has 3 nitrogen and oxygen atoms in total. The Hall–Kier alpha value is 0.150. The first kappa shape index (κ1) is 18.5. The van der Waals surface area contributed by atoms with Gasteiger partial charge in [-0.25, -0.2) is 0 Å². The van der Waals surface area contributed by atoms with Gasteiger partial charge in [0.2, 0.25) is 0 Å². The summed E-state index contributed by atoms with van der Waals surface area (Å²) in [4.78, 5) is 17.8. The number of unbranched alkanes of at least 4 members (excludes halogenated alkanes) is 3. The van der Waals surface area contributed by atoms with Gasteiger partial charge in [0.25, 0.3) is 0 Å². The van der Waals surface area contributed by atoms with Crippen molar-refractivity contribution < 1.29 is 14.4 Å². The van der Waals surface area contributed by atoms with Crippen molar-refractivity contribution in [2.75, 3.05) is 0 Å². The fourth-order valence-corrected chi connectivity index (χ4v) is 2.23. The van der Waals surface area contributed by atoms with E-state index in [2.05, 4.69) is 20.8 Å². The topological polar surface area (TPSA) is 57.5 Å². The van der Waals surface area contributed by atoms with Crippen LogP contribution in [-0.2, 0) is 4.57 Å². The summed E-state index contributed by atoms with van der Waals surface area (Å²) in [5, 5.41) is 0. The fourth-order valence-electron chi connectivity index (χ4n) is 1.24. The lowest BCUT2D eigenvalue weighted by Crippen LogP contribution is -2.06. The molecule has 0 heterocycles. The Bertz CT molecular complexity index is 175. The normalized spacial score (nSPS) is 12.9. The third kappa shape index (κ3) is 12.2. The van der Waals surface area contributed by atoms with Gasteiger partial charge in [-0.15, -0.1) is 0 Å². The minimum Gasteiger partial charge on any atom is -0.324 e. The van der Waals surface area contributed by atoms with E-state index in [1.54, 1.807) is 0 Å². The van der Waals surface area contributed by atoms with Crippen molar-refractivity contribution in [3.63, 3.8) is 0 Å². The molecule has 0 aliphatic carbocycles. The molecule has 0 aromatic heterocycles. The van der Waals surface area contributed by atoms with Crippen molar-refractivity contribution in [2.24, 2.45) is 0 Å². The van der Waals surface area contributed by atoms with Crippen molar-refractivity contribution >= 4 is 7.60 Å². The van der Waals surface area contributed by atoms with E-state index in [-0.39, 0.29) is 0 Å². The summed E-state index contributed by atoms with van der Waals surface area (Å²) in [7, 11) is -3.82. The van der Waals surface area contributed by atoms with Crippen molar-refractivity contribution in [3.8, 4) is 0 Å². The van der Waals surface area contributed by atoms with E-state index in [1.807, 2.05) is 6.92 Å². The molecular weight excluding hydrogens is 223 g/mol. The summed E-state index contributed by atoms with van der Waals surface area (Å²) >= 11 is 0. The van der Waals surface area contributed by atoms with Crippen LogP contribution in [0.25, 0.3) is 0 Å². The average molecular weight is 252 g/mol. The Morgan fingerprint density at radius 2 is 1.44 bits per heavy atom. The van der Waals surface area contributed by atoms with Crippen LogP contribution < -0.4 is 0 Å². The second-order valence-corrected chi connectivity index (χ2v) is 6.06. The predicted octanol–water partition coefficient (Wildman–Crippen LogP) is 4.33. The highest BCUT2D eigenvalue weighted by Gasteiger charge is 2.25. The van der Waals surface area contributed by atoms with E-state index >= 15 is 0 Å². The third-order valence-electron chi connectivity index (χ3n) is 2.59. The molecule has 0 saturated carbocycles. The second kappa shape index (κ2) is 11.6. The van der Waals surface area contributed by atoms with Gasteiger partial charge in [-0.1, -0.05) is 59.8 Å². The van der Waals surface area contributed by atoms with E-state index in [0.29, 0.717) is 12.8 Å². The average Bonchev–Trinajstić information content (AvgIpc) is 2.23. The van der Waals surface area contributed by atoms with Crippen LogP contribution in [0.1, 0.15) is 72.6 Å². The van der Waals surface area contributed by atoms with Gasteiger partial charge < -0.3 is 9.79 Å². The van der Waals surface area contributed by atoms with Crippen LogP contribution >= 0.6 is 7.60 Å². The third-order valence-corrected chi connectivity index (χ3v) is 4.16. The van der Waals surface area contributed by atoms with E-state index in [9.17, 15) is 4.57 Å². The van der Waals surface area contributed by atoms with Crippen molar-refractivity contribution in [3.05, 3.63) is 0 Å². The maximum Gasteiger partial charge on any atom is 0.328 e. The van der Waals surface area contributed by atoms with Gasteiger partial charge in [-0.2, -0.15) is 0 Å². The molecule has 4 heteroatoms. The molecule has 0 radical (unpaired) electrons. The van der Waals surface area contributed by atoms with Crippen LogP contribution in [0.2, 0.25) is 0 Å². The van der Waals surface area contributed by atoms with E-state index in [4.69, 9.17) is 9.79 Å². The van der Waals surface area contributed by atoms with Gasteiger partial charge in [0, 0.05) is 0 Å². The summed E-state index contributed by atoms with van der Waals surface area (Å²) in [5.74, 6) is 0. The molecule has 0 saturated heterocycles. The first-order valence-corrected chi connectivity index (χ1v) is 8.17. The van der Waals surface area contributed by atoms with E-state index in [0.717, 1.165) is 19.3 Å². The smallest absolute Gasteiger partial charge is 0.324 e. The summed E-state index contributed by atoms with van der Waals surface area (Å²) in [6, 6.07) is 0. The lowest BCUT2D eigenvalue weighted by atomic mass is 10.1. The Kier molecular flexibility index (Phi) is 13.5. The van der Waals surface area contributed by atoms with E-state index < -0.39 is 13.3 Å². The molecule has 0 aliphatic heterocycles. The standard InChI is InChI=1S/C8H19O3P.C4H10/c1-3-5-6-7-8(4-2)12(9,10)11;1-3-4-2/h8H,3-7H2,1-2H3,(H2,9,10,11);3-4H2,1-2H3. The molecular formula is C12H29O3P. The molecule has 1 unspecified atom stereocenters. The molecule has 0 spiro atoms. The van der Waals surface area contributed by atoms with Crippen LogP contribution in [0.4, 0.5) is 0 Å². The van der Waals surface area contributed by atoms with Crippen molar-refractivity contribution in [1.82, 2.24) is 0 Å². The van der Waals surface area contributed by atoms with Crippen molar-refractivity contribution in [2.45, 2.75) is 78.3 Å². The zero-order valence-corrected chi connectivity index (χ0v) is 12.2. The molecule has 0 bridgehead atoms. The summed E-state index contributed by atoms with van der Waals surface area (Å²) < 4.78 is 10.9. The summed E-state index contributed by atoms with van der Waals surface area (Å²) in [5.41, 5.74) is -0.413. The summed E-state index contributed by atoms with van der Waals surface area (Å²) in [6.45, 7) is 8.27. The van der Waals surface area contributed by atoms with Crippen molar-refractivity contribution in [1.29, 1.82) is 0 Å². The molecule has 0 rings (SSSR count). The second-order valence-electron chi connectivity index (χ2n) is 4.15. The largest absolute Gasteiger partial charge is 0.328 e. The summed E-state index contributed by atoms with van der Waals surface area (Å²) in [6.07, 6.45) is 6.97.